The summed E-state index contributed by atoms with van der Waals surface area (Å²) in [5.41, 5.74) is -2.37. The lowest BCUT2D eigenvalue weighted by atomic mass is 10.1. The standard InChI is InChI=1S/C15H19NO7S/c17-9-8-15(14(18)19,23-11-12-5-4-10-22-12)16-24(20,21)13-6-2-1-3-7-13/h1-3,6-7,9,12,16H,4-5,8,10-11H2,(H,18,19). The van der Waals surface area contributed by atoms with Crippen LogP contribution < -0.4 is 4.72 Å². The fourth-order valence-corrected chi connectivity index (χ4v) is 3.62. The number of carbonyl (C=O) groups excluding carboxylic acids is 1. The predicted molar refractivity (Wildman–Crippen MR) is 82.7 cm³/mol. The number of carbonyl (C=O) groups is 2. The first-order valence-electron chi connectivity index (χ1n) is 7.41. The molecular formula is C15H19NO7S. The molecular weight excluding hydrogens is 338 g/mol. The van der Waals surface area contributed by atoms with Crippen molar-refractivity contribution in [2.75, 3.05) is 13.2 Å². The molecule has 2 atom stereocenters. The molecule has 1 aromatic rings. The zero-order chi connectivity index (χ0) is 17.6. The molecule has 2 unspecified atom stereocenters. The molecule has 1 saturated heterocycles. The number of rotatable bonds is 9. The van der Waals surface area contributed by atoms with E-state index in [0.29, 0.717) is 19.3 Å². The Labute approximate surface area is 139 Å². The van der Waals surface area contributed by atoms with E-state index in [9.17, 15) is 23.1 Å². The number of nitrogens with one attached hydrogen (secondary N) is 1. The largest absolute Gasteiger partial charge is 0.478 e. The zero-order valence-corrected chi connectivity index (χ0v) is 13.7. The topological polar surface area (TPSA) is 119 Å². The van der Waals surface area contributed by atoms with Crippen LogP contribution in [0.5, 0.6) is 0 Å². The fourth-order valence-electron chi connectivity index (χ4n) is 2.33. The minimum Gasteiger partial charge on any atom is -0.478 e. The second-order valence-electron chi connectivity index (χ2n) is 5.37. The van der Waals surface area contributed by atoms with Crippen LogP contribution in [-0.2, 0) is 29.1 Å². The quantitative estimate of drug-likeness (QED) is 0.489. The summed E-state index contributed by atoms with van der Waals surface area (Å²) in [6.45, 7) is 0.412. The van der Waals surface area contributed by atoms with Crippen LogP contribution in [0.1, 0.15) is 19.3 Å². The highest BCUT2D eigenvalue weighted by Crippen LogP contribution is 2.21. The summed E-state index contributed by atoms with van der Waals surface area (Å²) in [6.07, 6.45) is 0.814. The van der Waals surface area contributed by atoms with Gasteiger partial charge in [-0.25, -0.2) is 13.2 Å². The molecule has 9 heteroatoms. The molecule has 0 radical (unpaired) electrons. The molecule has 8 nitrogen and oxygen atoms in total. The number of aldehydes is 1. The van der Waals surface area contributed by atoms with Crippen molar-refractivity contribution in [1.29, 1.82) is 0 Å². The van der Waals surface area contributed by atoms with Gasteiger partial charge in [-0.1, -0.05) is 18.2 Å². The van der Waals surface area contributed by atoms with Crippen LogP contribution in [0.3, 0.4) is 0 Å². The first kappa shape index (κ1) is 18.5. The van der Waals surface area contributed by atoms with E-state index in [0.717, 1.165) is 6.42 Å². The third-order valence-corrected chi connectivity index (χ3v) is 5.10. The Balaban J connectivity index is 2.24. The Kier molecular flexibility index (Phi) is 6.05. The van der Waals surface area contributed by atoms with Crippen LogP contribution >= 0.6 is 0 Å². The maximum atomic E-state index is 12.4. The van der Waals surface area contributed by atoms with Gasteiger partial charge in [0.15, 0.2) is 0 Å². The Morgan fingerprint density at radius 2 is 2.12 bits per heavy atom. The molecule has 0 bridgehead atoms. The third kappa shape index (κ3) is 4.38. The van der Waals surface area contributed by atoms with E-state index in [1.54, 1.807) is 6.07 Å². The second-order valence-corrected chi connectivity index (χ2v) is 7.05. The van der Waals surface area contributed by atoms with Crippen molar-refractivity contribution in [3.63, 3.8) is 0 Å². The highest BCUT2D eigenvalue weighted by Gasteiger charge is 2.44. The number of carboxylic acids is 1. The number of hydrogen-bond donors (Lipinski definition) is 2. The molecule has 0 aliphatic carbocycles. The summed E-state index contributed by atoms with van der Waals surface area (Å²) in [5.74, 6) is -1.59. The predicted octanol–water partition coefficient (Wildman–Crippen LogP) is 0.530. The number of ether oxygens (including phenoxy) is 2. The number of sulfonamides is 1. The first-order chi connectivity index (χ1) is 11.4. The molecule has 0 aromatic heterocycles. The molecule has 1 aliphatic rings. The van der Waals surface area contributed by atoms with Crippen LogP contribution in [0, 0.1) is 0 Å². The van der Waals surface area contributed by atoms with Gasteiger partial charge in [-0.2, -0.15) is 4.72 Å². The number of benzene rings is 1. The van der Waals surface area contributed by atoms with E-state index >= 15 is 0 Å². The lowest BCUT2D eigenvalue weighted by Crippen LogP contribution is -2.57. The van der Waals surface area contributed by atoms with Crippen LogP contribution in [0.15, 0.2) is 35.2 Å². The molecule has 1 aliphatic heterocycles. The molecule has 2 N–H and O–H groups in total. The van der Waals surface area contributed by atoms with Crippen LogP contribution in [0.4, 0.5) is 0 Å². The minimum absolute atomic E-state index is 0.123. The van der Waals surface area contributed by atoms with Crippen molar-refractivity contribution < 1.29 is 32.6 Å². The third-order valence-electron chi connectivity index (χ3n) is 3.61. The Bertz CT molecular complexity index is 670. The average Bonchev–Trinajstić information content (AvgIpc) is 3.07. The van der Waals surface area contributed by atoms with E-state index in [1.807, 2.05) is 4.72 Å². The average molecular weight is 357 g/mol. The van der Waals surface area contributed by atoms with Gasteiger partial charge in [0.2, 0.25) is 15.7 Å². The minimum atomic E-state index is -4.19. The lowest BCUT2D eigenvalue weighted by molar-refractivity contribution is -0.174. The normalized spacial score (nSPS) is 20.4. The summed E-state index contributed by atoms with van der Waals surface area (Å²) < 4.78 is 37.5. The molecule has 1 fully saturated rings. The van der Waals surface area contributed by atoms with Crippen LogP contribution in [0.2, 0.25) is 0 Å². The highest BCUT2D eigenvalue weighted by molar-refractivity contribution is 7.89. The van der Waals surface area contributed by atoms with Gasteiger partial charge in [-0.15, -0.1) is 0 Å². The van der Waals surface area contributed by atoms with Crippen molar-refractivity contribution in [3.05, 3.63) is 30.3 Å². The monoisotopic (exact) mass is 357 g/mol. The van der Waals surface area contributed by atoms with E-state index in [2.05, 4.69) is 0 Å². The van der Waals surface area contributed by atoms with E-state index in [4.69, 9.17) is 9.47 Å². The number of aliphatic carboxylic acids is 1. The molecule has 2 rings (SSSR count). The van der Waals surface area contributed by atoms with Crippen LogP contribution in [0.25, 0.3) is 0 Å². The van der Waals surface area contributed by atoms with Crippen molar-refractivity contribution in [3.8, 4) is 0 Å². The molecule has 0 spiro atoms. The zero-order valence-electron chi connectivity index (χ0n) is 12.9. The van der Waals surface area contributed by atoms with Crippen molar-refractivity contribution in [2.45, 2.75) is 36.0 Å². The molecule has 132 valence electrons. The van der Waals surface area contributed by atoms with Gasteiger partial charge in [0, 0.05) is 6.61 Å². The highest BCUT2D eigenvalue weighted by atomic mass is 32.2. The fraction of sp³-hybridized carbons (Fsp3) is 0.467. The Morgan fingerprint density at radius 1 is 1.42 bits per heavy atom. The van der Waals surface area contributed by atoms with E-state index < -0.39 is 28.1 Å². The SMILES string of the molecule is O=CCC(NS(=O)(=O)c1ccccc1)(OCC1CCCO1)C(=O)O. The molecule has 0 saturated carbocycles. The van der Waals surface area contributed by atoms with Gasteiger partial charge in [-0.3, -0.25) is 0 Å². The second kappa shape index (κ2) is 7.84. The van der Waals surface area contributed by atoms with Gasteiger partial charge < -0.3 is 19.4 Å². The van der Waals surface area contributed by atoms with Gasteiger partial charge in [-0.05, 0) is 25.0 Å². The summed E-state index contributed by atoms with van der Waals surface area (Å²) in [6, 6.07) is 7.27. The molecule has 0 amide bonds. The van der Waals surface area contributed by atoms with E-state index in [1.165, 1.54) is 24.3 Å². The maximum absolute atomic E-state index is 12.4. The molecule has 24 heavy (non-hydrogen) atoms. The molecule has 1 heterocycles. The summed E-state index contributed by atoms with van der Waals surface area (Å²) in [5, 5.41) is 9.49. The number of carboxylic acid groups (broad SMARTS) is 1. The first-order valence-corrected chi connectivity index (χ1v) is 8.89. The van der Waals surface area contributed by atoms with Crippen molar-refractivity contribution in [2.24, 2.45) is 0 Å². The Morgan fingerprint density at radius 3 is 2.67 bits per heavy atom. The summed E-state index contributed by atoms with van der Waals surface area (Å²) >= 11 is 0. The Hall–Kier alpha value is -1.81. The number of hydrogen-bond acceptors (Lipinski definition) is 6. The smallest absolute Gasteiger partial charge is 0.352 e. The van der Waals surface area contributed by atoms with E-state index in [-0.39, 0.29) is 17.6 Å². The maximum Gasteiger partial charge on any atom is 0.352 e. The molecule has 1 aromatic carbocycles. The van der Waals surface area contributed by atoms with Gasteiger partial charge in [0.1, 0.15) is 6.29 Å². The van der Waals surface area contributed by atoms with Crippen molar-refractivity contribution >= 4 is 22.3 Å². The van der Waals surface area contributed by atoms with Gasteiger partial charge in [0.05, 0.1) is 24.0 Å². The van der Waals surface area contributed by atoms with Gasteiger partial charge in [0.25, 0.3) is 0 Å². The summed E-state index contributed by atoms with van der Waals surface area (Å²) in [4.78, 5) is 22.5. The van der Waals surface area contributed by atoms with Crippen molar-refractivity contribution in [1.82, 2.24) is 4.72 Å². The summed E-state index contributed by atoms with van der Waals surface area (Å²) in [7, 11) is -4.19. The van der Waals surface area contributed by atoms with Gasteiger partial charge >= 0.3 is 5.97 Å². The lowest BCUT2D eigenvalue weighted by Gasteiger charge is -2.29. The van der Waals surface area contributed by atoms with Crippen LogP contribution in [-0.4, -0.2) is 50.8 Å².